The van der Waals surface area contributed by atoms with Gasteiger partial charge in [-0.25, -0.2) is 4.98 Å². The monoisotopic (exact) mass is 429 g/mol. The summed E-state index contributed by atoms with van der Waals surface area (Å²) in [4.78, 5) is 17.9. The van der Waals surface area contributed by atoms with Gasteiger partial charge in [-0.05, 0) is 42.3 Å². The molecule has 1 aromatic heterocycles. The number of nitrogens with one attached hydrogen (secondary N) is 1. The number of hydrogen-bond acceptors (Lipinski definition) is 4. The van der Waals surface area contributed by atoms with Crippen LogP contribution in [0.4, 0.5) is 0 Å². The van der Waals surface area contributed by atoms with Gasteiger partial charge in [0.15, 0.2) is 0 Å². The fourth-order valence-corrected chi connectivity index (χ4v) is 3.68. The van der Waals surface area contributed by atoms with Crippen molar-refractivity contribution >= 4 is 16.9 Å². The van der Waals surface area contributed by atoms with Crippen molar-refractivity contribution < 1.29 is 14.3 Å². The first-order chi connectivity index (χ1) is 15.6. The molecule has 164 valence electrons. The summed E-state index contributed by atoms with van der Waals surface area (Å²) in [5, 5.41) is 3.14. The third-order valence-corrected chi connectivity index (χ3v) is 5.50. The van der Waals surface area contributed by atoms with E-state index >= 15 is 0 Å². The molecule has 6 nitrogen and oxygen atoms in total. The number of rotatable bonds is 8. The highest BCUT2D eigenvalue weighted by molar-refractivity contribution is 5.81. The van der Waals surface area contributed by atoms with Crippen molar-refractivity contribution in [3.05, 3.63) is 95.8 Å². The number of imidazole rings is 1. The molecule has 1 heterocycles. The highest BCUT2D eigenvalue weighted by Crippen LogP contribution is 2.25. The summed E-state index contributed by atoms with van der Waals surface area (Å²) < 4.78 is 13.1. The van der Waals surface area contributed by atoms with E-state index in [4.69, 9.17) is 14.5 Å². The standard InChI is InChI=1S/C26H27N3O3/c1-18(32-17-19-10-9-13-21(16-19)31-3)26(30)28-24(20-11-5-4-6-12-20)25-27-22-14-7-8-15-23(22)29(25)2/h4-16,18,24H,17H2,1-3H3,(H,28,30). The number of nitrogens with zero attached hydrogens (tertiary/aromatic N) is 2. The third-order valence-electron chi connectivity index (χ3n) is 5.50. The second-order valence-corrected chi connectivity index (χ2v) is 7.67. The molecule has 2 unspecified atom stereocenters. The molecular formula is C26H27N3O3. The first-order valence-corrected chi connectivity index (χ1v) is 10.6. The van der Waals surface area contributed by atoms with E-state index in [-0.39, 0.29) is 5.91 Å². The highest BCUT2D eigenvalue weighted by Gasteiger charge is 2.25. The zero-order valence-corrected chi connectivity index (χ0v) is 18.5. The first-order valence-electron chi connectivity index (χ1n) is 10.6. The number of carbonyl (C=O) groups excluding carboxylic acids is 1. The molecule has 0 aliphatic carbocycles. The Morgan fingerprint density at radius 1 is 1.03 bits per heavy atom. The summed E-state index contributed by atoms with van der Waals surface area (Å²) in [7, 11) is 3.59. The molecule has 0 fully saturated rings. The molecule has 3 aromatic carbocycles. The molecule has 1 amide bonds. The van der Waals surface area contributed by atoms with Crippen molar-refractivity contribution in [1.82, 2.24) is 14.9 Å². The van der Waals surface area contributed by atoms with Gasteiger partial charge in [-0.1, -0.05) is 54.6 Å². The average Bonchev–Trinajstić information content (AvgIpc) is 3.17. The molecule has 6 heteroatoms. The molecule has 32 heavy (non-hydrogen) atoms. The lowest BCUT2D eigenvalue weighted by atomic mass is 10.1. The van der Waals surface area contributed by atoms with E-state index in [9.17, 15) is 4.79 Å². The molecule has 0 saturated carbocycles. The topological polar surface area (TPSA) is 65.4 Å². The summed E-state index contributed by atoms with van der Waals surface area (Å²) in [6.45, 7) is 2.07. The van der Waals surface area contributed by atoms with E-state index in [0.29, 0.717) is 6.61 Å². The molecular weight excluding hydrogens is 402 g/mol. The number of fused-ring (bicyclic) bond motifs is 1. The number of amides is 1. The number of benzene rings is 3. The molecule has 4 aromatic rings. The molecule has 0 aliphatic rings. The molecule has 1 N–H and O–H groups in total. The number of carbonyl (C=O) groups is 1. The predicted octanol–water partition coefficient (Wildman–Crippen LogP) is 4.39. The second-order valence-electron chi connectivity index (χ2n) is 7.67. The molecule has 0 bridgehead atoms. The SMILES string of the molecule is COc1cccc(COC(C)C(=O)NC(c2ccccc2)c2nc3ccccc3n2C)c1. The summed E-state index contributed by atoms with van der Waals surface area (Å²) in [6.07, 6.45) is -0.637. The van der Waals surface area contributed by atoms with Crippen LogP contribution in [-0.4, -0.2) is 28.7 Å². The molecule has 0 saturated heterocycles. The van der Waals surface area contributed by atoms with Crippen LogP contribution in [0.2, 0.25) is 0 Å². The van der Waals surface area contributed by atoms with Gasteiger partial charge < -0.3 is 19.4 Å². The zero-order chi connectivity index (χ0) is 22.5. The van der Waals surface area contributed by atoms with Gasteiger partial charge in [-0.2, -0.15) is 0 Å². The third kappa shape index (κ3) is 4.65. The maximum absolute atomic E-state index is 13.1. The van der Waals surface area contributed by atoms with Crippen molar-refractivity contribution in [2.45, 2.75) is 25.7 Å². The van der Waals surface area contributed by atoms with Crippen LogP contribution in [0.5, 0.6) is 5.75 Å². The van der Waals surface area contributed by atoms with E-state index in [2.05, 4.69) is 5.32 Å². The number of para-hydroxylation sites is 2. The van der Waals surface area contributed by atoms with Crippen LogP contribution in [0, 0.1) is 0 Å². The van der Waals surface area contributed by atoms with Crippen LogP contribution < -0.4 is 10.1 Å². The minimum Gasteiger partial charge on any atom is -0.497 e. The Labute approximate surface area is 187 Å². The molecule has 0 aliphatic heterocycles. The maximum Gasteiger partial charge on any atom is 0.249 e. The van der Waals surface area contributed by atoms with Crippen LogP contribution in [0.25, 0.3) is 11.0 Å². The van der Waals surface area contributed by atoms with Gasteiger partial charge in [0.2, 0.25) is 5.91 Å². The number of aromatic nitrogens is 2. The quantitative estimate of drug-likeness (QED) is 0.451. The van der Waals surface area contributed by atoms with Gasteiger partial charge in [-0.15, -0.1) is 0 Å². The van der Waals surface area contributed by atoms with E-state index in [1.807, 2.05) is 90.5 Å². The average molecular weight is 430 g/mol. The number of methoxy groups -OCH3 is 1. The van der Waals surface area contributed by atoms with Crippen LogP contribution >= 0.6 is 0 Å². The lowest BCUT2D eigenvalue weighted by Crippen LogP contribution is -2.38. The van der Waals surface area contributed by atoms with Gasteiger partial charge in [-0.3, -0.25) is 4.79 Å². The fraction of sp³-hybridized carbons (Fsp3) is 0.231. The van der Waals surface area contributed by atoms with Gasteiger partial charge in [0.25, 0.3) is 0 Å². The molecule has 0 radical (unpaired) electrons. The predicted molar refractivity (Wildman–Crippen MR) is 124 cm³/mol. The number of hydrogen-bond donors (Lipinski definition) is 1. The Balaban J connectivity index is 1.54. The number of aryl methyl sites for hydroxylation is 1. The molecule has 2 atom stereocenters. The van der Waals surface area contributed by atoms with E-state index in [1.165, 1.54) is 0 Å². The van der Waals surface area contributed by atoms with Crippen LogP contribution in [0.3, 0.4) is 0 Å². The van der Waals surface area contributed by atoms with Gasteiger partial charge in [0.1, 0.15) is 23.7 Å². The van der Waals surface area contributed by atoms with Gasteiger partial charge >= 0.3 is 0 Å². The summed E-state index contributed by atoms with van der Waals surface area (Å²) >= 11 is 0. The zero-order valence-electron chi connectivity index (χ0n) is 18.5. The largest absolute Gasteiger partial charge is 0.497 e. The summed E-state index contributed by atoms with van der Waals surface area (Å²) in [5.74, 6) is 1.33. The van der Waals surface area contributed by atoms with E-state index in [1.54, 1.807) is 14.0 Å². The highest BCUT2D eigenvalue weighted by atomic mass is 16.5. The summed E-state index contributed by atoms with van der Waals surface area (Å²) in [5.41, 5.74) is 3.81. The molecule has 0 spiro atoms. The van der Waals surface area contributed by atoms with Crippen molar-refractivity contribution in [3.63, 3.8) is 0 Å². The van der Waals surface area contributed by atoms with E-state index < -0.39 is 12.1 Å². The molecule has 4 rings (SSSR count). The van der Waals surface area contributed by atoms with Crippen molar-refractivity contribution in [3.8, 4) is 5.75 Å². The maximum atomic E-state index is 13.1. The Bertz CT molecular complexity index is 1200. The van der Waals surface area contributed by atoms with Crippen LogP contribution in [0.1, 0.15) is 29.9 Å². The minimum absolute atomic E-state index is 0.200. The Hall–Kier alpha value is -3.64. The smallest absolute Gasteiger partial charge is 0.249 e. The van der Waals surface area contributed by atoms with E-state index in [0.717, 1.165) is 33.7 Å². The normalized spacial score (nSPS) is 13.0. The van der Waals surface area contributed by atoms with Gasteiger partial charge in [0, 0.05) is 7.05 Å². The lowest BCUT2D eigenvalue weighted by Gasteiger charge is -2.22. The Morgan fingerprint density at radius 3 is 2.53 bits per heavy atom. The minimum atomic E-state index is -0.637. The van der Waals surface area contributed by atoms with Crippen LogP contribution in [0.15, 0.2) is 78.9 Å². The number of ether oxygens (including phenoxy) is 2. The van der Waals surface area contributed by atoms with Gasteiger partial charge in [0.05, 0.1) is 24.8 Å². The lowest BCUT2D eigenvalue weighted by molar-refractivity contribution is -0.133. The first kappa shape index (κ1) is 21.6. The Morgan fingerprint density at radius 2 is 1.78 bits per heavy atom. The Kier molecular flexibility index (Phi) is 6.52. The van der Waals surface area contributed by atoms with Crippen molar-refractivity contribution in [2.75, 3.05) is 7.11 Å². The van der Waals surface area contributed by atoms with Crippen LogP contribution in [-0.2, 0) is 23.2 Å². The second kappa shape index (κ2) is 9.66. The van der Waals surface area contributed by atoms with Crippen molar-refractivity contribution in [2.24, 2.45) is 7.05 Å². The fourth-order valence-electron chi connectivity index (χ4n) is 3.68. The summed E-state index contributed by atoms with van der Waals surface area (Å²) in [6, 6.07) is 25.0. The van der Waals surface area contributed by atoms with Crippen molar-refractivity contribution in [1.29, 1.82) is 0 Å².